The summed E-state index contributed by atoms with van der Waals surface area (Å²) in [5.74, 6) is 0.223. The van der Waals surface area contributed by atoms with Crippen molar-refractivity contribution in [3.63, 3.8) is 0 Å². The zero-order valence-corrected chi connectivity index (χ0v) is 12.0. The number of amides is 1. The molecule has 22 heavy (non-hydrogen) atoms. The van der Waals surface area contributed by atoms with E-state index in [4.69, 9.17) is 4.74 Å². The van der Waals surface area contributed by atoms with Gasteiger partial charge in [0.2, 0.25) is 5.91 Å². The first-order valence-corrected chi connectivity index (χ1v) is 6.86. The molecule has 112 valence electrons. The number of rotatable bonds is 4. The molecule has 0 saturated carbocycles. The maximum atomic E-state index is 12.9. The normalized spacial score (nSPS) is 10.6. The average molecular weight is 298 g/mol. The highest BCUT2D eigenvalue weighted by Crippen LogP contribution is 2.28. The molecule has 0 unspecified atom stereocenters. The molecule has 1 heterocycles. The van der Waals surface area contributed by atoms with Crippen LogP contribution in [0.1, 0.15) is 5.56 Å². The molecule has 5 heteroatoms. The minimum atomic E-state index is -0.334. The standard InChI is InChI=1S/C17H15FN2O2/c1-22-15-4-2-3-14-17(15)11(10-19-14)9-16(21)20-13-7-5-12(18)6-8-13/h2-8,10,19H,9H2,1H3,(H,20,21). The topological polar surface area (TPSA) is 54.1 Å². The van der Waals surface area contributed by atoms with Gasteiger partial charge in [0.1, 0.15) is 11.6 Å². The number of carbonyl (C=O) groups is 1. The highest BCUT2D eigenvalue weighted by molar-refractivity contribution is 5.97. The van der Waals surface area contributed by atoms with Crippen LogP contribution < -0.4 is 10.1 Å². The van der Waals surface area contributed by atoms with Crippen molar-refractivity contribution < 1.29 is 13.9 Å². The van der Waals surface area contributed by atoms with E-state index in [0.717, 1.165) is 22.2 Å². The first-order chi connectivity index (χ1) is 10.7. The van der Waals surface area contributed by atoms with Crippen LogP contribution in [-0.2, 0) is 11.2 Å². The van der Waals surface area contributed by atoms with Gasteiger partial charge in [0, 0.05) is 22.8 Å². The van der Waals surface area contributed by atoms with Gasteiger partial charge in [-0.25, -0.2) is 4.39 Å². The third kappa shape index (κ3) is 2.79. The first-order valence-electron chi connectivity index (χ1n) is 6.86. The fraction of sp³-hybridized carbons (Fsp3) is 0.118. The summed E-state index contributed by atoms with van der Waals surface area (Å²) in [6.45, 7) is 0. The number of aromatic nitrogens is 1. The zero-order chi connectivity index (χ0) is 15.5. The highest BCUT2D eigenvalue weighted by atomic mass is 19.1. The van der Waals surface area contributed by atoms with E-state index in [1.54, 1.807) is 13.3 Å². The fourth-order valence-electron chi connectivity index (χ4n) is 2.44. The van der Waals surface area contributed by atoms with Crippen LogP contribution in [0.15, 0.2) is 48.7 Å². The number of hydrogen-bond donors (Lipinski definition) is 2. The van der Waals surface area contributed by atoms with Crippen LogP contribution in [-0.4, -0.2) is 18.0 Å². The molecule has 0 bridgehead atoms. The van der Waals surface area contributed by atoms with Gasteiger partial charge in [-0.1, -0.05) is 6.07 Å². The Labute approximate surface area is 126 Å². The van der Waals surface area contributed by atoms with Crippen molar-refractivity contribution in [1.29, 1.82) is 0 Å². The molecule has 0 aliphatic rings. The quantitative estimate of drug-likeness (QED) is 0.774. The van der Waals surface area contributed by atoms with Gasteiger partial charge in [0.25, 0.3) is 0 Å². The van der Waals surface area contributed by atoms with Gasteiger partial charge in [0.15, 0.2) is 0 Å². The SMILES string of the molecule is COc1cccc2[nH]cc(CC(=O)Nc3ccc(F)cc3)c12. The summed E-state index contributed by atoms with van der Waals surface area (Å²) < 4.78 is 18.2. The summed E-state index contributed by atoms with van der Waals surface area (Å²) in [7, 11) is 1.60. The van der Waals surface area contributed by atoms with Gasteiger partial charge in [0.05, 0.1) is 13.5 Å². The van der Waals surface area contributed by atoms with Gasteiger partial charge < -0.3 is 15.0 Å². The van der Waals surface area contributed by atoms with Crippen molar-refractivity contribution in [3.8, 4) is 5.75 Å². The number of hydrogen-bond acceptors (Lipinski definition) is 2. The molecule has 1 amide bonds. The summed E-state index contributed by atoms with van der Waals surface area (Å²) in [5, 5.41) is 3.65. The van der Waals surface area contributed by atoms with Gasteiger partial charge in [-0.05, 0) is 42.0 Å². The summed E-state index contributed by atoms with van der Waals surface area (Å²) in [5.41, 5.74) is 2.34. The zero-order valence-electron chi connectivity index (χ0n) is 12.0. The van der Waals surface area contributed by atoms with Gasteiger partial charge >= 0.3 is 0 Å². The maximum Gasteiger partial charge on any atom is 0.228 e. The van der Waals surface area contributed by atoms with E-state index < -0.39 is 0 Å². The van der Waals surface area contributed by atoms with E-state index in [1.165, 1.54) is 24.3 Å². The van der Waals surface area contributed by atoms with Crippen LogP contribution in [0.5, 0.6) is 5.75 Å². The van der Waals surface area contributed by atoms with Crippen LogP contribution >= 0.6 is 0 Å². The predicted octanol–water partition coefficient (Wildman–Crippen LogP) is 3.50. The molecule has 0 aliphatic heterocycles. The van der Waals surface area contributed by atoms with Crippen molar-refractivity contribution in [2.24, 2.45) is 0 Å². The van der Waals surface area contributed by atoms with Crippen molar-refractivity contribution in [2.75, 3.05) is 12.4 Å². The van der Waals surface area contributed by atoms with Crippen LogP contribution in [0.3, 0.4) is 0 Å². The number of halogens is 1. The number of carbonyl (C=O) groups excluding carboxylic acids is 1. The van der Waals surface area contributed by atoms with E-state index in [0.29, 0.717) is 5.69 Å². The number of anilines is 1. The molecule has 0 saturated heterocycles. The monoisotopic (exact) mass is 298 g/mol. The fourth-order valence-corrected chi connectivity index (χ4v) is 2.44. The van der Waals surface area contributed by atoms with E-state index >= 15 is 0 Å². The van der Waals surface area contributed by atoms with Gasteiger partial charge in [-0.3, -0.25) is 4.79 Å². The average Bonchev–Trinajstić information content (AvgIpc) is 2.93. The Morgan fingerprint density at radius 3 is 2.73 bits per heavy atom. The molecule has 0 fully saturated rings. The largest absolute Gasteiger partial charge is 0.496 e. The molecule has 3 aromatic rings. The number of methoxy groups -OCH3 is 1. The molecule has 0 aliphatic carbocycles. The number of fused-ring (bicyclic) bond motifs is 1. The summed E-state index contributed by atoms with van der Waals surface area (Å²) in [4.78, 5) is 15.3. The third-order valence-electron chi connectivity index (χ3n) is 3.45. The Bertz CT molecular complexity index is 809. The lowest BCUT2D eigenvalue weighted by molar-refractivity contribution is -0.115. The van der Waals surface area contributed by atoms with Crippen LogP contribution in [0.25, 0.3) is 10.9 Å². The predicted molar refractivity (Wildman–Crippen MR) is 83.6 cm³/mol. The molecule has 0 spiro atoms. The number of H-pyrrole nitrogens is 1. The smallest absolute Gasteiger partial charge is 0.228 e. The molecular formula is C17H15FN2O2. The number of aromatic amines is 1. The van der Waals surface area contributed by atoms with Crippen LogP contribution in [0.2, 0.25) is 0 Å². The van der Waals surface area contributed by atoms with Crippen molar-refractivity contribution in [3.05, 3.63) is 60.0 Å². The molecule has 2 N–H and O–H groups in total. The minimum absolute atomic E-state index is 0.168. The molecule has 2 aromatic carbocycles. The van der Waals surface area contributed by atoms with E-state index in [1.807, 2.05) is 18.2 Å². The highest BCUT2D eigenvalue weighted by Gasteiger charge is 2.12. The molecule has 0 atom stereocenters. The lowest BCUT2D eigenvalue weighted by Crippen LogP contribution is -2.14. The molecular weight excluding hydrogens is 283 g/mol. The van der Waals surface area contributed by atoms with Gasteiger partial charge in [-0.2, -0.15) is 0 Å². The Morgan fingerprint density at radius 2 is 2.00 bits per heavy atom. The Hall–Kier alpha value is -2.82. The Kier molecular flexibility index (Phi) is 3.78. The molecule has 1 aromatic heterocycles. The number of benzene rings is 2. The maximum absolute atomic E-state index is 12.9. The molecule has 3 rings (SSSR count). The third-order valence-corrected chi connectivity index (χ3v) is 3.45. The summed E-state index contributed by atoms with van der Waals surface area (Å²) in [6.07, 6.45) is 2.01. The minimum Gasteiger partial charge on any atom is -0.496 e. The van der Waals surface area contributed by atoms with E-state index in [9.17, 15) is 9.18 Å². The second-order valence-electron chi connectivity index (χ2n) is 4.93. The Balaban J connectivity index is 1.81. The van der Waals surface area contributed by atoms with Crippen molar-refractivity contribution in [1.82, 2.24) is 4.98 Å². The van der Waals surface area contributed by atoms with Crippen molar-refractivity contribution in [2.45, 2.75) is 6.42 Å². The summed E-state index contributed by atoms with van der Waals surface area (Å²) >= 11 is 0. The summed E-state index contributed by atoms with van der Waals surface area (Å²) in [6, 6.07) is 11.4. The second kappa shape index (κ2) is 5.89. The second-order valence-corrected chi connectivity index (χ2v) is 4.93. The van der Waals surface area contributed by atoms with E-state index in [-0.39, 0.29) is 18.1 Å². The molecule has 4 nitrogen and oxygen atoms in total. The van der Waals surface area contributed by atoms with Gasteiger partial charge in [-0.15, -0.1) is 0 Å². The first kappa shape index (κ1) is 14.1. The van der Waals surface area contributed by atoms with E-state index in [2.05, 4.69) is 10.3 Å². The van der Waals surface area contributed by atoms with Crippen LogP contribution in [0.4, 0.5) is 10.1 Å². The van der Waals surface area contributed by atoms with Crippen molar-refractivity contribution >= 4 is 22.5 Å². The number of ether oxygens (including phenoxy) is 1. The number of nitrogens with one attached hydrogen (secondary N) is 2. The lowest BCUT2D eigenvalue weighted by Gasteiger charge is -2.06. The lowest BCUT2D eigenvalue weighted by atomic mass is 10.1. The molecule has 0 radical (unpaired) electrons. The van der Waals surface area contributed by atoms with Crippen LogP contribution in [0, 0.1) is 5.82 Å². The Morgan fingerprint density at radius 1 is 1.23 bits per heavy atom.